The van der Waals surface area contributed by atoms with Crippen molar-refractivity contribution < 1.29 is 14.3 Å². The summed E-state index contributed by atoms with van der Waals surface area (Å²) in [4.78, 5) is 12.6. The average molecular weight is 549 g/mol. The number of rotatable bonds is 13. The summed E-state index contributed by atoms with van der Waals surface area (Å²) in [6.07, 6.45) is 7.61. The fourth-order valence-electron chi connectivity index (χ4n) is 5.14. The molecule has 0 amide bonds. The molecular weight excluding hydrogens is 496 g/mol. The van der Waals surface area contributed by atoms with Crippen LogP contribution in [-0.2, 0) is 21.4 Å². The smallest absolute Gasteiger partial charge is 0.313 e. The summed E-state index contributed by atoms with van der Waals surface area (Å²) in [5.41, 5.74) is 19.2. The number of carbonyl (C=O) groups excluding carboxylic acids is 1. The van der Waals surface area contributed by atoms with E-state index >= 15 is 0 Å². The van der Waals surface area contributed by atoms with E-state index in [1.54, 1.807) is 0 Å². The van der Waals surface area contributed by atoms with E-state index in [9.17, 15) is 4.79 Å². The second kappa shape index (κ2) is 12.9. The molecule has 0 heterocycles. The molecule has 5 nitrogen and oxygen atoms in total. The van der Waals surface area contributed by atoms with Gasteiger partial charge in [0.2, 0.25) is 0 Å². The zero-order valence-corrected chi connectivity index (χ0v) is 26.2. The van der Waals surface area contributed by atoms with Crippen LogP contribution in [0.5, 0.6) is 5.75 Å². The summed E-state index contributed by atoms with van der Waals surface area (Å²) < 4.78 is 11.8. The molecule has 220 valence electrons. The summed E-state index contributed by atoms with van der Waals surface area (Å²) in [6, 6.07) is 12.9. The Morgan fingerprint density at radius 2 is 1.62 bits per heavy atom. The molecule has 1 aliphatic carbocycles. The van der Waals surface area contributed by atoms with Crippen LogP contribution >= 0.6 is 0 Å². The molecule has 0 aromatic heterocycles. The number of aryl methyl sites for hydroxylation is 1. The fourth-order valence-corrected chi connectivity index (χ4v) is 5.14. The van der Waals surface area contributed by atoms with Gasteiger partial charge >= 0.3 is 5.97 Å². The van der Waals surface area contributed by atoms with E-state index in [0.29, 0.717) is 19.6 Å². The number of carbonyl (C=O) groups is 1. The second-order valence-electron chi connectivity index (χ2n) is 13.9. The molecule has 1 aliphatic rings. The van der Waals surface area contributed by atoms with E-state index in [4.69, 9.17) is 20.9 Å². The predicted molar refractivity (Wildman–Crippen MR) is 167 cm³/mol. The van der Waals surface area contributed by atoms with Crippen LogP contribution < -0.4 is 16.2 Å². The van der Waals surface area contributed by atoms with Gasteiger partial charge in [0, 0.05) is 17.1 Å². The lowest BCUT2D eigenvalue weighted by Gasteiger charge is -2.33. The van der Waals surface area contributed by atoms with Crippen LogP contribution in [0.2, 0.25) is 0 Å². The van der Waals surface area contributed by atoms with Crippen molar-refractivity contribution in [2.45, 2.75) is 111 Å². The normalized spacial score (nSPS) is 14.5. The molecule has 1 unspecified atom stereocenters. The first kappa shape index (κ1) is 31.9. The van der Waals surface area contributed by atoms with Crippen LogP contribution in [0, 0.1) is 12.3 Å². The van der Waals surface area contributed by atoms with Crippen LogP contribution in [-0.4, -0.2) is 30.8 Å². The third kappa shape index (κ3) is 8.44. The lowest BCUT2D eigenvalue weighted by molar-refractivity contribution is -0.155. The molecule has 1 atom stereocenters. The third-order valence-corrected chi connectivity index (χ3v) is 8.03. The minimum atomic E-state index is -0.761. The van der Waals surface area contributed by atoms with Crippen molar-refractivity contribution in [3.8, 4) is 5.75 Å². The Morgan fingerprint density at radius 1 is 0.950 bits per heavy atom. The SMILES string of the molecule is Cc1ccc(C(C)(C)C)cc1C1=Cc2c(cccc2OCCCCCCOC(=O)C(C)(C)C(N)CC(C)(C)N)C1. The first-order chi connectivity index (χ1) is 18.6. The molecule has 2 aromatic carbocycles. The number of hydrogen-bond donors (Lipinski definition) is 2. The van der Waals surface area contributed by atoms with E-state index in [1.807, 2.05) is 27.7 Å². The van der Waals surface area contributed by atoms with Crippen molar-refractivity contribution in [3.63, 3.8) is 0 Å². The topological polar surface area (TPSA) is 87.6 Å². The van der Waals surface area contributed by atoms with Gasteiger partial charge in [-0.3, -0.25) is 4.79 Å². The van der Waals surface area contributed by atoms with E-state index in [1.165, 1.54) is 33.4 Å². The van der Waals surface area contributed by atoms with Crippen molar-refractivity contribution in [3.05, 3.63) is 64.2 Å². The molecule has 0 saturated heterocycles. The standard InChI is InChI=1S/C35H52N2O3/c1-24-16-17-27(33(2,3)4)22-28(24)26-20-25-14-13-15-30(29(25)21-26)39-18-11-9-10-12-19-40-32(38)35(7,8)31(36)23-34(5,6)37/h13-17,21-22,31H,9-12,18-20,23,36-37H2,1-8H3. The Balaban J connectivity index is 1.45. The number of nitrogens with two attached hydrogens (primary N) is 2. The molecule has 4 N–H and O–H groups in total. The van der Waals surface area contributed by atoms with E-state index in [2.05, 4.69) is 70.2 Å². The third-order valence-electron chi connectivity index (χ3n) is 8.03. The average Bonchev–Trinajstić information content (AvgIpc) is 3.28. The van der Waals surface area contributed by atoms with Gasteiger partial charge in [-0.05, 0) is 119 Å². The van der Waals surface area contributed by atoms with Gasteiger partial charge in [-0.2, -0.15) is 0 Å². The van der Waals surface area contributed by atoms with E-state index < -0.39 is 11.0 Å². The summed E-state index contributed by atoms with van der Waals surface area (Å²) >= 11 is 0. The van der Waals surface area contributed by atoms with Crippen LogP contribution in [0.4, 0.5) is 0 Å². The molecule has 0 fully saturated rings. The van der Waals surface area contributed by atoms with Gasteiger partial charge in [0.25, 0.3) is 0 Å². The number of ether oxygens (including phenoxy) is 2. The maximum absolute atomic E-state index is 12.6. The molecule has 40 heavy (non-hydrogen) atoms. The zero-order valence-electron chi connectivity index (χ0n) is 26.2. The highest BCUT2D eigenvalue weighted by atomic mass is 16.5. The van der Waals surface area contributed by atoms with Gasteiger partial charge in [0.15, 0.2) is 0 Å². The van der Waals surface area contributed by atoms with E-state index in [0.717, 1.165) is 37.9 Å². The number of fused-ring (bicyclic) bond motifs is 1. The Kier molecular flexibility index (Phi) is 10.3. The summed E-state index contributed by atoms with van der Waals surface area (Å²) in [6.45, 7) is 17.6. The molecule has 0 aliphatic heterocycles. The lowest BCUT2D eigenvalue weighted by atomic mass is 9.79. The molecular formula is C35H52N2O3. The molecule has 0 radical (unpaired) electrons. The van der Waals surface area contributed by atoms with E-state index in [-0.39, 0.29) is 17.4 Å². The summed E-state index contributed by atoms with van der Waals surface area (Å²) in [5.74, 6) is 0.712. The maximum atomic E-state index is 12.6. The van der Waals surface area contributed by atoms with Crippen LogP contribution in [0.15, 0.2) is 36.4 Å². The molecule has 2 aromatic rings. The second-order valence-corrected chi connectivity index (χ2v) is 13.9. The number of hydrogen-bond acceptors (Lipinski definition) is 5. The number of benzene rings is 2. The predicted octanol–water partition coefficient (Wildman–Crippen LogP) is 7.35. The van der Waals surface area contributed by atoms with Crippen LogP contribution in [0.1, 0.15) is 108 Å². The fraction of sp³-hybridized carbons (Fsp3) is 0.571. The largest absolute Gasteiger partial charge is 0.493 e. The Bertz CT molecular complexity index is 1200. The summed E-state index contributed by atoms with van der Waals surface area (Å²) in [7, 11) is 0. The van der Waals surface area contributed by atoms with Crippen molar-refractivity contribution in [2.24, 2.45) is 16.9 Å². The summed E-state index contributed by atoms with van der Waals surface area (Å²) in [5, 5.41) is 0. The Hall–Kier alpha value is -2.63. The minimum Gasteiger partial charge on any atom is -0.493 e. The van der Waals surface area contributed by atoms with Crippen molar-refractivity contribution >= 4 is 17.6 Å². The molecule has 0 bridgehead atoms. The van der Waals surface area contributed by atoms with Gasteiger partial charge < -0.3 is 20.9 Å². The molecule has 3 rings (SSSR count). The van der Waals surface area contributed by atoms with Gasteiger partial charge in [-0.1, -0.05) is 51.1 Å². The highest BCUT2D eigenvalue weighted by Gasteiger charge is 2.38. The molecule has 0 spiro atoms. The Morgan fingerprint density at radius 3 is 2.27 bits per heavy atom. The highest BCUT2D eigenvalue weighted by Crippen LogP contribution is 2.39. The van der Waals surface area contributed by atoms with Gasteiger partial charge in [-0.15, -0.1) is 0 Å². The first-order valence-corrected chi connectivity index (χ1v) is 14.9. The van der Waals surface area contributed by atoms with Gasteiger partial charge in [0.05, 0.1) is 18.6 Å². The maximum Gasteiger partial charge on any atom is 0.313 e. The quantitative estimate of drug-likeness (QED) is 0.202. The monoisotopic (exact) mass is 548 g/mol. The van der Waals surface area contributed by atoms with Crippen LogP contribution in [0.3, 0.4) is 0 Å². The van der Waals surface area contributed by atoms with Gasteiger partial charge in [-0.25, -0.2) is 0 Å². The highest BCUT2D eigenvalue weighted by molar-refractivity contribution is 5.91. The minimum absolute atomic E-state index is 0.121. The Labute approximate surface area is 242 Å². The zero-order chi connectivity index (χ0) is 29.7. The van der Waals surface area contributed by atoms with Crippen molar-refractivity contribution in [2.75, 3.05) is 13.2 Å². The van der Waals surface area contributed by atoms with Crippen LogP contribution in [0.25, 0.3) is 11.6 Å². The lowest BCUT2D eigenvalue weighted by Crippen LogP contribution is -2.50. The first-order valence-electron chi connectivity index (χ1n) is 14.9. The van der Waals surface area contributed by atoms with Crippen molar-refractivity contribution in [1.82, 2.24) is 0 Å². The number of unbranched alkanes of at least 4 members (excludes halogenated alkanes) is 3. The number of esters is 1. The molecule has 5 heteroatoms. The van der Waals surface area contributed by atoms with Crippen molar-refractivity contribution in [1.29, 1.82) is 0 Å². The number of allylic oxidation sites excluding steroid dienone is 1. The van der Waals surface area contributed by atoms with Gasteiger partial charge in [0.1, 0.15) is 5.75 Å². The molecule has 0 saturated carbocycles.